The maximum atomic E-state index is 5.81. The minimum absolute atomic E-state index is 0.312. The summed E-state index contributed by atoms with van der Waals surface area (Å²) in [6, 6.07) is 1.93. The largest absolute Gasteiger partial charge is 0.369 e. The predicted octanol–water partition coefficient (Wildman–Crippen LogP) is 3.14. The first-order chi connectivity index (χ1) is 7.57. The van der Waals surface area contributed by atoms with Crippen LogP contribution in [0, 0.1) is 6.92 Å². The standard InChI is InChI=1S/C11H16ClN3S/c1-8-6-9(15-10(12)14-8)13-7-11(2)4-3-5-16-11/h6H,3-5,7H2,1-2H3,(H,13,14,15). The summed E-state index contributed by atoms with van der Waals surface area (Å²) in [5.41, 5.74) is 0.895. The Balaban J connectivity index is 1.98. The average molecular weight is 258 g/mol. The Kier molecular flexibility index (Phi) is 3.60. The number of hydrogen-bond acceptors (Lipinski definition) is 4. The van der Waals surface area contributed by atoms with Gasteiger partial charge in [-0.15, -0.1) is 0 Å². The molecule has 3 nitrogen and oxygen atoms in total. The first-order valence-corrected chi connectivity index (χ1v) is 6.83. The Labute approximate surface area is 105 Å². The number of hydrogen-bond donors (Lipinski definition) is 1. The van der Waals surface area contributed by atoms with Crippen LogP contribution < -0.4 is 5.32 Å². The van der Waals surface area contributed by atoms with Crippen LogP contribution in [-0.4, -0.2) is 27.0 Å². The molecule has 1 aromatic rings. The van der Waals surface area contributed by atoms with E-state index in [2.05, 4.69) is 22.2 Å². The predicted molar refractivity (Wildman–Crippen MR) is 70.4 cm³/mol. The van der Waals surface area contributed by atoms with Gasteiger partial charge in [0.15, 0.2) is 0 Å². The van der Waals surface area contributed by atoms with Crippen LogP contribution in [0.1, 0.15) is 25.5 Å². The highest BCUT2D eigenvalue weighted by Gasteiger charge is 2.29. The fraction of sp³-hybridized carbons (Fsp3) is 0.636. The third-order valence-corrected chi connectivity index (χ3v) is 4.48. The third kappa shape index (κ3) is 3.01. The number of halogens is 1. The molecule has 1 aliphatic rings. The lowest BCUT2D eigenvalue weighted by molar-refractivity contribution is 0.633. The second-order valence-corrected chi connectivity index (χ2v) is 6.44. The summed E-state index contributed by atoms with van der Waals surface area (Å²) in [6.07, 6.45) is 2.58. The molecule has 1 saturated heterocycles. The van der Waals surface area contributed by atoms with Crippen LogP contribution in [0.25, 0.3) is 0 Å². The molecule has 88 valence electrons. The van der Waals surface area contributed by atoms with Crippen LogP contribution in [-0.2, 0) is 0 Å². The van der Waals surface area contributed by atoms with Crippen LogP contribution in [0.3, 0.4) is 0 Å². The number of aromatic nitrogens is 2. The summed E-state index contributed by atoms with van der Waals surface area (Å²) in [7, 11) is 0. The van der Waals surface area contributed by atoms with E-state index in [1.54, 1.807) is 0 Å². The number of thioether (sulfide) groups is 1. The van der Waals surface area contributed by atoms with E-state index in [1.807, 2.05) is 24.8 Å². The highest BCUT2D eigenvalue weighted by molar-refractivity contribution is 8.00. The monoisotopic (exact) mass is 257 g/mol. The maximum absolute atomic E-state index is 5.81. The third-order valence-electron chi connectivity index (χ3n) is 2.77. The van der Waals surface area contributed by atoms with Crippen molar-refractivity contribution in [2.75, 3.05) is 17.6 Å². The molecule has 1 fully saturated rings. The number of aryl methyl sites for hydroxylation is 1. The van der Waals surface area contributed by atoms with Gasteiger partial charge in [0.25, 0.3) is 0 Å². The van der Waals surface area contributed by atoms with Crippen LogP contribution in [0.5, 0.6) is 0 Å². The first kappa shape index (κ1) is 12.0. The molecule has 0 bridgehead atoms. The highest BCUT2D eigenvalue weighted by Crippen LogP contribution is 2.37. The molecule has 1 aromatic heterocycles. The molecule has 0 saturated carbocycles. The Morgan fingerprint density at radius 1 is 1.56 bits per heavy atom. The molecule has 1 aliphatic heterocycles. The molecule has 16 heavy (non-hydrogen) atoms. The summed E-state index contributed by atoms with van der Waals surface area (Å²) in [5, 5.41) is 3.66. The van der Waals surface area contributed by atoms with Crippen molar-refractivity contribution < 1.29 is 0 Å². The van der Waals surface area contributed by atoms with Gasteiger partial charge in [-0.25, -0.2) is 9.97 Å². The van der Waals surface area contributed by atoms with Gasteiger partial charge in [0.05, 0.1) is 0 Å². The number of rotatable bonds is 3. The lowest BCUT2D eigenvalue weighted by Gasteiger charge is -2.23. The SMILES string of the molecule is Cc1cc(NCC2(C)CCCS2)nc(Cl)n1. The van der Waals surface area contributed by atoms with Crippen molar-refractivity contribution in [2.45, 2.75) is 31.4 Å². The second-order valence-electron chi connectivity index (χ2n) is 4.42. The quantitative estimate of drug-likeness (QED) is 0.845. The van der Waals surface area contributed by atoms with Gasteiger partial charge in [-0.2, -0.15) is 11.8 Å². The first-order valence-electron chi connectivity index (χ1n) is 5.46. The van der Waals surface area contributed by atoms with Crippen LogP contribution in [0.15, 0.2) is 6.07 Å². The molecule has 0 aliphatic carbocycles. The summed E-state index contributed by atoms with van der Waals surface area (Å²) >= 11 is 7.85. The zero-order chi connectivity index (χ0) is 11.6. The van der Waals surface area contributed by atoms with Crippen molar-refractivity contribution in [3.8, 4) is 0 Å². The van der Waals surface area contributed by atoms with Gasteiger partial charge in [-0.1, -0.05) is 0 Å². The Morgan fingerprint density at radius 3 is 3.00 bits per heavy atom. The van der Waals surface area contributed by atoms with Crippen molar-refractivity contribution in [3.05, 3.63) is 17.0 Å². The van der Waals surface area contributed by atoms with Crippen LogP contribution in [0.4, 0.5) is 5.82 Å². The van der Waals surface area contributed by atoms with E-state index in [0.29, 0.717) is 10.0 Å². The molecule has 2 heterocycles. The molecular weight excluding hydrogens is 242 g/mol. The summed E-state index contributed by atoms with van der Waals surface area (Å²) in [4.78, 5) is 8.20. The molecule has 0 amide bonds. The van der Waals surface area contributed by atoms with Crippen molar-refractivity contribution in [2.24, 2.45) is 0 Å². The van der Waals surface area contributed by atoms with Gasteiger partial charge in [0.2, 0.25) is 5.28 Å². The summed E-state index contributed by atoms with van der Waals surface area (Å²) in [6.45, 7) is 5.16. The molecule has 1 unspecified atom stereocenters. The smallest absolute Gasteiger partial charge is 0.224 e. The minimum Gasteiger partial charge on any atom is -0.369 e. The zero-order valence-electron chi connectivity index (χ0n) is 9.59. The number of nitrogens with zero attached hydrogens (tertiary/aromatic N) is 2. The van der Waals surface area contributed by atoms with E-state index in [0.717, 1.165) is 18.1 Å². The molecule has 0 radical (unpaired) electrons. The average Bonchev–Trinajstić information content (AvgIpc) is 2.62. The lowest BCUT2D eigenvalue weighted by Crippen LogP contribution is -2.27. The van der Waals surface area contributed by atoms with Gasteiger partial charge in [0.1, 0.15) is 5.82 Å². The van der Waals surface area contributed by atoms with E-state index in [1.165, 1.54) is 18.6 Å². The molecule has 0 aromatic carbocycles. The molecule has 5 heteroatoms. The maximum Gasteiger partial charge on any atom is 0.224 e. The Hall–Kier alpha value is -0.480. The second kappa shape index (κ2) is 4.80. The van der Waals surface area contributed by atoms with Gasteiger partial charge in [0, 0.05) is 23.1 Å². The van der Waals surface area contributed by atoms with E-state index in [-0.39, 0.29) is 0 Å². The van der Waals surface area contributed by atoms with Crippen molar-refractivity contribution in [3.63, 3.8) is 0 Å². The normalized spacial score (nSPS) is 24.7. The molecule has 1 N–H and O–H groups in total. The summed E-state index contributed by atoms with van der Waals surface area (Å²) < 4.78 is 0.339. The van der Waals surface area contributed by atoms with Crippen molar-refractivity contribution >= 4 is 29.2 Å². The van der Waals surface area contributed by atoms with Crippen LogP contribution >= 0.6 is 23.4 Å². The van der Waals surface area contributed by atoms with Gasteiger partial charge >= 0.3 is 0 Å². The Bertz CT molecular complexity index is 357. The van der Waals surface area contributed by atoms with Gasteiger partial charge < -0.3 is 5.32 Å². The van der Waals surface area contributed by atoms with Gasteiger partial charge in [-0.05, 0) is 44.0 Å². The molecular formula is C11H16ClN3S. The zero-order valence-corrected chi connectivity index (χ0v) is 11.2. The van der Waals surface area contributed by atoms with E-state index >= 15 is 0 Å². The molecule has 1 atom stereocenters. The molecule has 0 spiro atoms. The topological polar surface area (TPSA) is 37.8 Å². The molecule has 2 rings (SSSR count). The minimum atomic E-state index is 0.312. The summed E-state index contributed by atoms with van der Waals surface area (Å²) in [5.74, 6) is 2.09. The van der Waals surface area contributed by atoms with E-state index in [4.69, 9.17) is 11.6 Å². The van der Waals surface area contributed by atoms with Crippen molar-refractivity contribution in [1.82, 2.24) is 9.97 Å². The van der Waals surface area contributed by atoms with E-state index < -0.39 is 0 Å². The number of anilines is 1. The van der Waals surface area contributed by atoms with Crippen LogP contribution in [0.2, 0.25) is 5.28 Å². The number of nitrogens with one attached hydrogen (secondary N) is 1. The van der Waals surface area contributed by atoms with Crippen molar-refractivity contribution in [1.29, 1.82) is 0 Å². The fourth-order valence-electron chi connectivity index (χ4n) is 1.88. The fourth-order valence-corrected chi connectivity index (χ4v) is 3.35. The Morgan fingerprint density at radius 2 is 2.38 bits per heavy atom. The lowest BCUT2D eigenvalue weighted by atomic mass is 10.1. The van der Waals surface area contributed by atoms with Gasteiger partial charge in [-0.3, -0.25) is 0 Å². The highest BCUT2D eigenvalue weighted by atomic mass is 35.5. The van der Waals surface area contributed by atoms with E-state index in [9.17, 15) is 0 Å².